The molecule has 2 rings (SSSR count). The minimum atomic E-state index is -0.356. The van der Waals surface area contributed by atoms with Gasteiger partial charge in [-0.3, -0.25) is 14.5 Å². The number of amides is 2. The van der Waals surface area contributed by atoms with Crippen molar-refractivity contribution in [2.24, 2.45) is 11.7 Å². The van der Waals surface area contributed by atoms with Crippen molar-refractivity contribution in [3.8, 4) is 11.5 Å². The Bertz CT molecular complexity index is 554. The molecule has 120 valence electrons. The number of nitrogens with zero attached hydrogens (tertiary/aromatic N) is 1. The number of hydrogen-bond donors (Lipinski definition) is 4. The predicted octanol–water partition coefficient (Wildman–Crippen LogP) is -0.0887. The number of carbonyl (C=O) groups is 2. The van der Waals surface area contributed by atoms with Gasteiger partial charge in [-0.1, -0.05) is 0 Å². The number of hydrogen-bond acceptors (Lipinski definition) is 5. The molecule has 7 nitrogen and oxygen atoms in total. The molecule has 1 fully saturated rings. The van der Waals surface area contributed by atoms with Crippen LogP contribution in [0.2, 0.25) is 0 Å². The molecule has 0 saturated carbocycles. The number of nitrogens with one attached hydrogen (secondary N) is 1. The van der Waals surface area contributed by atoms with Gasteiger partial charge < -0.3 is 21.3 Å². The van der Waals surface area contributed by atoms with Gasteiger partial charge in [0.15, 0.2) is 0 Å². The molecule has 7 heteroatoms. The first-order valence-electron chi connectivity index (χ1n) is 7.25. The highest BCUT2D eigenvalue weighted by Crippen LogP contribution is 2.23. The number of benzene rings is 1. The second-order valence-electron chi connectivity index (χ2n) is 5.55. The van der Waals surface area contributed by atoms with Crippen LogP contribution in [0.5, 0.6) is 11.5 Å². The fourth-order valence-electron chi connectivity index (χ4n) is 2.60. The van der Waals surface area contributed by atoms with Gasteiger partial charge in [0.2, 0.25) is 11.8 Å². The van der Waals surface area contributed by atoms with E-state index in [1.807, 2.05) is 4.90 Å². The molecular formula is C15H21N3O4. The minimum Gasteiger partial charge on any atom is -0.508 e. The summed E-state index contributed by atoms with van der Waals surface area (Å²) in [6, 6.07) is 4.27. The topological polar surface area (TPSA) is 116 Å². The van der Waals surface area contributed by atoms with E-state index >= 15 is 0 Å². The van der Waals surface area contributed by atoms with Crippen LogP contribution in [0.1, 0.15) is 18.4 Å². The van der Waals surface area contributed by atoms with Gasteiger partial charge in [0.25, 0.3) is 0 Å². The van der Waals surface area contributed by atoms with E-state index in [2.05, 4.69) is 5.32 Å². The number of carbonyl (C=O) groups excluding carboxylic acids is 2. The van der Waals surface area contributed by atoms with E-state index in [1.54, 1.807) is 6.07 Å². The van der Waals surface area contributed by atoms with Crippen molar-refractivity contribution in [2.75, 3.05) is 19.6 Å². The standard InChI is InChI=1S/C15H21N3O4/c16-14(21)9-18-5-3-10(4-6-18)15(22)17-8-11-1-2-12(19)7-13(11)20/h1-2,7,10,19-20H,3-6,8-9H2,(H2,16,21)(H,17,22). The highest BCUT2D eigenvalue weighted by molar-refractivity contribution is 5.79. The highest BCUT2D eigenvalue weighted by Gasteiger charge is 2.25. The average Bonchev–Trinajstić information content (AvgIpc) is 2.46. The van der Waals surface area contributed by atoms with Crippen LogP contribution in [0.3, 0.4) is 0 Å². The minimum absolute atomic E-state index is 0.0191. The van der Waals surface area contributed by atoms with Gasteiger partial charge in [0.05, 0.1) is 6.54 Å². The summed E-state index contributed by atoms with van der Waals surface area (Å²) >= 11 is 0. The molecule has 1 aliphatic rings. The van der Waals surface area contributed by atoms with Gasteiger partial charge in [0, 0.05) is 24.1 Å². The molecule has 1 aromatic carbocycles. The van der Waals surface area contributed by atoms with E-state index in [0.29, 0.717) is 31.5 Å². The molecule has 5 N–H and O–H groups in total. The van der Waals surface area contributed by atoms with Crippen LogP contribution < -0.4 is 11.1 Å². The monoisotopic (exact) mass is 307 g/mol. The van der Waals surface area contributed by atoms with Crippen LogP contribution in [0, 0.1) is 5.92 Å². The first kappa shape index (κ1) is 16.1. The lowest BCUT2D eigenvalue weighted by Gasteiger charge is -2.30. The summed E-state index contributed by atoms with van der Waals surface area (Å²) in [7, 11) is 0. The van der Waals surface area contributed by atoms with E-state index in [-0.39, 0.29) is 42.3 Å². The Kier molecular flexibility index (Phi) is 5.21. The molecule has 0 bridgehead atoms. The quantitative estimate of drug-likeness (QED) is 0.607. The summed E-state index contributed by atoms with van der Waals surface area (Å²) < 4.78 is 0. The molecule has 0 aromatic heterocycles. The number of aromatic hydroxyl groups is 2. The second kappa shape index (κ2) is 7.13. The summed E-state index contributed by atoms with van der Waals surface area (Å²) in [6.07, 6.45) is 1.36. The molecule has 0 unspecified atom stereocenters. The number of primary amides is 1. The Labute approximate surface area is 128 Å². The summed E-state index contributed by atoms with van der Waals surface area (Å²) in [5.74, 6) is -0.578. The lowest BCUT2D eigenvalue weighted by atomic mass is 9.96. The third-order valence-corrected chi connectivity index (χ3v) is 3.86. The van der Waals surface area contributed by atoms with Crippen molar-refractivity contribution in [2.45, 2.75) is 19.4 Å². The van der Waals surface area contributed by atoms with Gasteiger partial charge in [0.1, 0.15) is 11.5 Å². The second-order valence-corrected chi connectivity index (χ2v) is 5.55. The van der Waals surface area contributed by atoms with Gasteiger partial charge in [-0.15, -0.1) is 0 Å². The van der Waals surface area contributed by atoms with Crippen LogP contribution in [-0.4, -0.2) is 46.6 Å². The summed E-state index contributed by atoms with van der Waals surface area (Å²) in [5.41, 5.74) is 5.71. The van der Waals surface area contributed by atoms with Crippen LogP contribution in [0.25, 0.3) is 0 Å². The molecule has 1 saturated heterocycles. The van der Waals surface area contributed by atoms with Gasteiger partial charge in [-0.25, -0.2) is 0 Å². The van der Waals surface area contributed by atoms with E-state index in [0.717, 1.165) is 0 Å². The van der Waals surface area contributed by atoms with Gasteiger partial charge >= 0.3 is 0 Å². The zero-order valence-corrected chi connectivity index (χ0v) is 12.3. The van der Waals surface area contributed by atoms with E-state index in [9.17, 15) is 19.8 Å². The van der Waals surface area contributed by atoms with Gasteiger partial charge in [-0.05, 0) is 38.1 Å². The Balaban J connectivity index is 1.80. The third kappa shape index (κ3) is 4.36. The number of phenolic OH excluding ortho intramolecular Hbond substituents is 2. The molecule has 0 atom stereocenters. The van der Waals surface area contributed by atoms with Gasteiger partial charge in [-0.2, -0.15) is 0 Å². The first-order valence-corrected chi connectivity index (χ1v) is 7.25. The van der Waals surface area contributed by atoms with E-state index < -0.39 is 0 Å². The molecule has 22 heavy (non-hydrogen) atoms. The highest BCUT2D eigenvalue weighted by atomic mass is 16.3. The smallest absolute Gasteiger partial charge is 0.231 e. The SMILES string of the molecule is NC(=O)CN1CCC(C(=O)NCc2ccc(O)cc2O)CC1. The summed E-state index contributed by atoms with van der Waals surface area (Å²) in [5, 5.41) is 21.7. The predicted molar refractivity (Wildman–Crippen MR) is 80.0 cm³/mol. The van der Waals surface area contributed by atoms with Crippen LogP contribution in [0.4, 0.5) is 0 Å². The number of nitrogens with two attached hydrogens (primary N) is 1. The molecule has 0 radical (unpaired) electrons. The maximum Gasteiger partial charge on any atom is 0.231 e. The van der Waals surface area contributed by atoms with Crippen molar-refractivity contribution in [1.29, 1.82) is 0 Å². The molecule has 2 amide bonds. The van der Waals surface area contributed by atoms with Crippen LogP contribution in [-0.2, 0) is 16.1 Å². The molecule has 1 aromatic rings. The molecule has 0 aliphatic carbocycles. The van der Waals surface area contributed by atoms with E-state index in [1.165, 1.54) is 12.1 Å². The lowest BCUT2D eigenvalue weighted by Crippen LogP contribution is -2.43. The van der Waals surface area contributed by atoms with Crippen LogP contribution in [0.15, 0.2) is 18.2 Å². The summed E-state index contributed by atoms with van der Waals surface area (Å²) in [6.45, 7) is 1.79. The normalized spacial score (nSPS) is 16.4. The maximum atomic E-state index is 12.1. The fraction of sp³-hybridized carbons (Fsp3) is 0.467. The largest absolute Gasteiger partial charge is 0.508 e. The van der Waals surface area contributed by atoms with Crippen LogP contribution >= 0.6 is 0 Å². The molecule has 1 heterocycles. The number of rotatable bonds is 5. The Morgan fingerprint density at radius 2 is 1.95 bits per heavy atom. The third-order valence-electron chi connectivity index (χ3n) is 3.86. The fourth-order valence-corrected chi connectivity index (χ4v) is 2.60. The van der Waals surface area contributed by atoms with Crippen molar-refractivity contribution in [3.05, 3.63) is 23.8 Å². The first-order chi connectivity index (χ1) is 10.5. The average molecular weight is 307 g/mol. The molecule has 1 aliphatic heterocycles. The molecular weight excluding hydrogens is 286 g/mol. The van der Waals surface area contributed by atoms with Crippen molar-refractivity contribution >= 4 is 11.8 Å². The number of phenols is 2. The van der Waals surface area contributed by atoms with Crippen molar-refractivity contribution in [1.82, 2.24) is 10.2 Å². The number of likely N-dealkylation sites (tertiary alicyclic amines) is 1. The van der Waals surface area contributed by atoms with Crippen molar-refractivity contribution < 1.29 is 19.8 Å². The Morgan fingerprint density at radius 3 is 2.55 bits per heavy atom. The number of piperidine rings is 1. The maximum absolute atomic E-state index is 12.1. The Morgan fingerprint density at radius 1 is 1.27 bits per heavy atom. The zero-order valence-electron chi connectivity index (χ0n) is 12.3. The van der Waals surface area contributed by atoms with Crippen molar-refractivity contribution in [3.63, 3.8) is 0 Å². The van der Waals surface area contributed by atoms with E-state index in [4.69, 9.17) is 5.73 Å². The zero-order chi connectivity index (χ0) is 16.1. The summed E-state index contributed by atoms with van der Waals surface area (Å²) in [4.78, 5) is 24.9. The molecule has 0 spiro atoms. The lowest BCUT2D eigenvalue weighted by molar-refractivity contribution is -0.126. The Hall–Kier alpha value is -2.28.